The Morgan fingerprint density at radius 1 is 1.03 bits per heavy atom. The maximum Gasteiger partial charge on any atom is 0.220 e. The van der Waals surface area contributed by atoms with Gasteiger partial charge in [-0.1, -0.05) is 57.4 Å². The van der Waals surface area contributed by atoms with Gasteiger partial charge in [-0.2, -0.15) is 0 Å². The third-order valence-electron chi connectivity index (χ3n) is 7.12. The largest absolute Gasteiger partial charge is 0.370 e. The fraction of sp³-hybridized carbons (Fsp3) is 0.808. The standard InChI is InChI=1S/C26H49N5O/c1-2-3-4-5-6-7-8-9-10-11-13-18-26(32)19-17-24-30(22-16-23-31(24)26)21-15-12-14-20-29-25(27)28/h2,17,19,24,32H,1,3-16,18,20-23H2,(H4,27,28,29)/p+1. The van der Waals surface area contributed by atoms with Gasteiger partial charge in [0.25, 0.3) is 0 Å². The minimum absolute atomic E-state index is 0.186. The summed E-state index contributed by atoms with van der Waals surface area (Å²) in [6.45, 7) is 7.80. The van der Waals surface area contributed by atoms with Gasteiger partial charge in [-0.25, -0.2) is 0 Å². The Kier molecular flexibility index (Phi) is 13.0. The Morgan fingerprint density at radius 2 is 1.69 bits per heavy atom. The van der Waals surface area contributed by atoms with Gasteiger partial charge in [0.1, 0.15) is 0 Å². The summed E-state index contributed by atoms with van der Waals surface area (Å²) in [5.74, 6) is 0.186. The number of aliphatic hydroxyl groups is 1. The van der Waals surface area contributed by atoms with E-state index < -0.39 is 5.72 Å². The molecule has 3 atom stereocenters. The molecule has 0 aromatic rings. The smallest absolute Gasteiger partial charge is 0.220 e. The van der Waals surface area contributed by atoms with Crippen molar-refractivity contribution in [1.29, 1.82) is 0 Å². The Morgan fingerprint density at radius 3 is 2.38 bits per heavy atom. The Bertz CT molecular complexity index is 575. The summed E-state index contributed by atoms with van der Waals surface area (Å²) < 4.78 is 0. The van der Waals surface area contributed by atoms with Gasteiger partial charge < -0.3 is 16.6 Å². The minimum atomic E-state index is -0.665. The van der Waals surface area contributed by atoms with Crippen LogP contribution in [0.5, 0.6) is 0 Å². The molecule has 1 fully saturated rings. The number of nitrogens with zero attached hydrogens (tertiary/aromatic N) is 2. The SMILES string of the molecule is C=CCCCCCCCCCCCC1(O)C=CC2N(CCCCCN=C(N)N)CCC[NH+]21. The number of guanidine groups is 1. The third kappa shape index (κ3) is 9.63. The molecule has 0 spiro atoms. The lowest BCUT2D eigenvalue weighted by atomic mass is 10.0. The van der Waals surface area contributed by atoms with Gasteiger partial charge in [0.05, 0.1) is 6.54 Å². The van der Waals surface area contributed by atoms with Crippen LogP contribution < -0.4 is 16.4 Å². The van der Waals surface area contributed by atoms with Crippen LogP contribution in [0.1, 0.15) is 96.3 Å². The molecule has 0 amide bonds. The third-order valence-corrected chi connectivity index (χ3v) is 7.12. The molecular weight excluding hydrogens is 398 g/mol. The fourth-order valence-corrected chi connectivity index (χ4v) is 5.27. The molecule has 184 valence electrons. The number of allylic oxidation sites excluding steroid dienone is 1. The van der Waals surface area contributed by atoms with Crippen molar-refractivity contribution < 1.29 is 10.0 Å². The molecule has 6 heteroatoms. The van der Waals surface area contributed by atoms with Crippen molar-refractivity contribution in [2.75, 3.05) is 26.2 Å². The monoisotopic (exact) mass is 448 g/mol. The number of rotatable bonds is 18. The molecule has 2 aliphatic rings. The van der Waals surface area contributed by atoms with E-state index in [0.717, 1.165) is 71.1 Å². The summed E-state index contributed by atoms with van der Waals surface area (Å²) in [6.07, 6.45) is 25.0. The molecule has 0 bridgehead atoms. The predicted molar refractivity (Wildman–Crippen MR) is 135 cm³/mol. The summed E-state index contributed by atoms with van der Waals surface area (Å²) in [7, 11) is 0. The first-order valence-corrected chi connectivity index (χ1v) is 13.2. The topological polar surface area (TPSA) is 92.3 Å². The zero-order valence-corrected chi connectivity index (χ0v) is 20.4. The second-order valence-corrected chi connectivity index (χ2v) is 9.77. The molecule has 0 aliphatic carbocycles. The first-order valence-electron chi connectivity index (χ1n) is 13.2. The van der Waals surface area contributed by atoms with Crippen molar-refractivity contribution >= 4 is 5.96 Å². The summed E-state index contributed by atoms with van der Waals surface area (Å²) in [5.41, 5.74) is 10.1. The number of hydrogen-bond acceptors (Lipinski definition) is 3. The number of aliphatic imine (C=N–C) groups is 1. The Hall–Kier alpha value is -1.37. The van der Waals surface area contributed by atoms with Gasteiger partial charge in [0.2, 0.25) is 5.72 Å². The molecule has 2 heterocycles. The van der Waals surface area contributed by atoms with Crippen molar-refractivity contribution in [2.45, 2.75) is 108 Å². The van der Waals surface area contributed by atoms with E-state index in [-0.39, 0.29) is 5.96 Å². The highest BCUT2D eigenvalue weighted by molar-refractivity contribution is 5.75. The molecule has 0 aromatic carbocycles. The molecule has 2 aliphatic heterocycles. The second kappa shape index (κ2) is 15.5. The zero-order chi connectivity index (χ0) is 23.1. The van der Waals surface area contributed by atoms with E-state index in [0.29, 0.717) is 6.17 Å². The lowest BCUT2D eigenvalue weighted by Gasteiger charge is -2.42. The lowest BCUT2D eigenvalue weighted by molar-refractivity contribution is -0.995. The van der Waals surface area contributed by atoms with Gasteiger partial charge in [-0.3, -0.25) is 14.8 Å². The zero-order valence-electron chi connectivity index (χ0n) is 20.4. The average molecular weight is 449 g/mol. The van der Waals surface area contributed by atoms with Crippen LogP contribution in [0.3, 0.4) is 0 Å². The van der Waals surface area contributed by atoms with Crippen LogP contribution in [0.15, 0.2) is 29.8 Å². The molecule has 6 N–H and O–H groups in total. The molecule has 3 unspecified atom stereocenters. The van der Waals surface area contributed by atoms with Crippen LogP contribution >= 0.6 is 0 Å². The number of nitrogens with two attached hydrogens (primary N) is 2. The molecule has 6 nitrogen and oxygen atoms in total. The van der Waals surface area contributed by atoms with Crippen molar-refractivity contribution in [2.24, 2.45) is 16.5 Å². The van der Waals surface area contributed by atoms with E-state index in [2.05, 4.69) is 28.6 Å². The molecule has 0 aromatic heterocycles. The van der Waals surface area contributed by atoms with Crippen LogP contribution in [-0.2, 0) is 0 Å². The van der Waals surface area contributed by atoms with Crippen LogP contribution in [0.25, 0.3) is 0 Å². The molecule has 32 heavy (non-hydrogen) atoms. The summed E-state index contributed by atoms with van der Waals surface area (Å²) in [5, 5.41) is 11.3. The molecular formula is C26H50N5O+. The van der Waals surface area contributed by atoms with Crippen LogP contribution in [0.2, 0.25) is 0 Å². The highest BCUT2D eigenvalue weighted by Crippen LogP contribution is 2.21. The van der Waals surface area contributed by atoms with Gasteiger partial charge in [0, 0.05) is 38.6 Å². The maximum absolute atomic E-state index is 11.3. The first kappa shape index (κ1) is 26.9. The quantitative estimate of drug-likeness (QED) is 0.112. The van der Waals surface area contributed by atoms with Crippen molar-refractivity contribution in [1.82, 2.24) is 4.90 Å². The van der Waals surface area contributed by atoms with Crippen molar-refractivity contribution in [3.05, 3.63) is 24.8 Å². The van der Waals surface area contributed by atoms with Gasteiger partial charge in [-0.05, 0) is 38.2 Å². The Labute approximate surface area is 196 Å². The number of nitrogens with one attached hydrogen (secondary N) is 1. The van der Waals surface area contributed by atoms with Gasteiger partial charge in [0.15, 0.2) is 12.1 Å². The molecule has 0 radical (unpaired) electrons. The van der Waals surface area contributed by atoms with Crippen LogP contribution in [-0.4, -0.2) is 54.0 Å². The first-order chi connectivity index (χ1) is 15.6. The van der Waals surface area contributed by atoms with E-state index in [1.54, 1.807) is 0 Å². The second-order valence-electron chi connectivity index (χ2n) is 9.77. The van der Waals surface area contributed by atoms with E-state index >= 15 is 0 Å². The number of fused-ring (bicyclic) bond motifs is 1. The van der Waals surface area contributed by atoms with E-state index in [9.17, 15) is 5.11 Å². The van der Waals surface area contributed by atoms with E-state index in [1.165, 1.54) is 56.3 Å². The lowest BCUT2D eigenvalue weighted by Crippen LogP contribution is -3.24. The van der Waals surface area contributed by atoms with Crippen molar-refractivity contribution in [3.8, 4) is 0 Å². The van der Waals surface area contributed by atoms with Crippen LogP contribution in [0, 0.1) is 0 Å². The summed E-state index contributed by atoms with van der Waals surface area (Å²) in [6, 6.07) is 0. The Balaban J connectivity index is 1.58. The number of hydrogen-bond donors (Lipinski definition) is 4. The van der Waals surface area contributed by atoms with Crippen LogP contribution in [0.4, 0.5) is 0 Å². The molecule has 0 saturated carbocycles. The number of quaternary nitrogens is 1. The van der Waals surface area contributed by atoms with E-state index in [4.69, 9.17) is 11.5 Å². The highest BCUT2D eigenvalue weighted by Gasteiger charge is 2.48. The summed E-state index contributed by atoms with van der Waals surface area (Å²) in [4.78, 5) is 7.97. The van der Waals surface area contributed by atoms with Gasteiger partial charge in [-0.15, -0.1) is 6.58 Å². The fourth-order valence-electron chi connectivity index (χ4n) is 5.27. The normalized spacial score (nSPS) is 25.0. The molecule has 2 rings (SSSR count). The van der Waals surface area contributed by atoms with Crippen molar-refractivity contribution in [3.63, 3.8) is 0 Å². The predicted octanol–water partition coefficient (Wildman–Crippen LogP) is 3.08. The summed E-state index contributed by atoms with van der Waals surface area (Å²) >= 11 is 0. The maximum atomic E-state index is 11.3. The minimum Gasteiger partial charge on any atom is -0.370 e. The highest BCUT2D eigenvalue weighted by atomic mass is 16.3. The molecule has 1 saturated heterocycles. The van der Waals surface area contributed by atoms with E-state index in [1.807, 2.05) is 6.08 Å². The number of unbranched alkanes of at least 4 members (excludes halogenated alkanes) is 11. The average Bonchev–Trinajstić information content (AvgIpc) is 3.12. The van der Waals surface area contributed by atoms with Gasteiger partial charge >= 0.3 is 0 Å².